The summed E-state index contributed by atoms with van der Waals surface area (Å²) in [5, 5.41) is 15.3. The molecule has 2 rings (SSSR count). The maximum absolute atomic E-state index is 8.96. The average Bonchev–Trinajstić information content (AvgIpc) is 2.97. The molecule has 0 amide bonds. The second-order valence-corrected chi connectivity index (χ2v) is 5.69. The summed E-state index contributed by atoms with van der Waals surface area (Å²) in [4.78, 5) is 4.52. The molecular weight excluding hydrogens is 248 g/mol. The topological polar surface area (TPSA) is 58.3 Å². The maximum Gasteiger partial charge on any atom is 0.162 e. The summed E-state index contributed by atoms with van der Waals surface area (Å²) in [5.41, 5.74) is 0.917. The summed E-state index contributed by atoms with van der Waals surface area (Å²) in [5.74, 6) is 0.806. The Morgan fingerprint density at radius 3 is 3.00 bits per heavy atom. The molecule has 0 unspecified atom stereocenters. The number of thiazole rings is 1. The van der Waals surface area contributed by atoms with E-state index in [0.29, 0.717) is 6.54 Å². The van der Waals surface area contributed by atoms with Gasteiger partial charge in [0.15, 0.2) is 10.8 Å². The summed E-state index contributed by atoms with van der Waals surface area (Å²) >= 11 is 1.58. The Hall–Kier alpha value is -1.17. The number of furan rings is 1. The lowest BCUT2D eigenvalue weighted by molar-refractivity contribution is 0.229. The monoisotopic (exact) mass is 266 g/mol. The van der Waals surface area contributed by atoms with Gasteiger partial charge in [-0.2, -0.15) is 0 Å². The fraction of sp³-hybridized carbons (Fsp3) is 0.462. The zero-order chi connectivity index (χ0) is 13.0. The first kappa shape index (κ1) is 13.3. The van der Waals surface area contributed by atoms with Crippen molar-refractivity contribution in [3.8, 4) is 10.8 Å². The van der Waals surface area contributed by atoms with Gasteiger partial charge in [0.1, 0.15) is 0 Å². The largest absolute Gasteiger partial charge is 0.462 e. The summed E-state index contributed by atoms with van der Waals surface area (Å²) in [6.45, 7) is 5.03. The van der Waals surface area contributed by atoms with Gasteiger partial charge in [-0.05, 0) is 32.4 Å². The SMILES string of the molecule is CC(C)(CCO)NCc1csc(-c2ccco2)n1. The van der Waals surface area contributed by atoms with Gasteiger partial charge in [-0.25, -0.2) is 4.98 Å². The van der Waals surface area contributed by atoms with Crippen LogP contribution < -0.4 is 5.32 Å². The predicted octanol–water partition coefficient (Wildman–Crippen LogP) is 2.65. The number of aromatic nitrogens is 1. The van der Waals surface area contributed by atoms with Gasteiger partial charge >= 0.3 is 0 Å². The van der Waals surface area contributed by atoms with Gasteiger partial charge in [0.05, 0.1) is 12.0 Å². The van der Waals surface area contributed by atoms with Crippen LogP contribution in [0, 0.1) is 0 Å². The lowest BCUT2D eigenvalue weighted by Gasteiger charge is -2.24. The Balaban J connectivity index is 1.95. The molecule has 2 aromatic rings. The van der Waals surface area contributed by atoms with Crippen LogP contribution in [0.25, 0.3) is 10.8 Å². The minimum Gasteiger partial charge on any atom is -0.462 e. The molecule has 0 aromatic carbocycles. The van der Waals surface area contributed by atoms with Crippen molar-refractivity contribution in [2.45, 2.75) is 32.4 Å². The minimum atomic E-state index is -0.0801. The second-order valence-electron chi connectivity index (χ2n) is 4.83. The molecule has 0 aliphatic heterocycles. The van der Waals surface area contributed by atoms with E-state index in [4.69, 9.17) is 9.52 Å². The van der Waals surface area contributed by atoms with Crippen molar-refractivity contribution in [1.82, 2.24) is 10.3 Å². The third-order valence-corrected chi connectivity index (χ3v) is 3.67. The summed E-state index contributed by atoms with van der Waals surface area (Å²) in [6.07, 6.45) is 2.38. The molecular formula is C13H18N2O2S. The van der Waals surface area contributed by atoms with Crippen LogP contribution in [0.5, 0.6) is 0 Å². The van der Waals surface area contributed by atoms with Gasteiger partial charge in [0.2, 0.25) is 0 Å². The minimum absolute atomic E-state index is 0.0801. The van der Waals surface area contributed by atoms with E-state index in [1.165, 1.54) is 0 Å². The molecule has 0 saturated carbocycles. The Morgan fingerprint density at radius 2 is 2.33 bits per heavy atom. The first-order valence-electron chi connectivity index (χ1n) is 5.95. The number of aliphatic hydroxyl groups excluding tert-OH is 1. The molecule has 0 atom stereocenters. The summed E-state index contributed by atoms with van der Waals surface area (Å²) in [6, 6.07) is 3.77. The molecule has 0 fully saturated rings. The fourth-order valence-electron chi connectivity index (χ4n) is 1.60. The first-order chi connectivity index (χ1) is 8.61. The van der Waals surface area contributed by atoms with Gasteiger partial charge in [0.25, 0.3) is 0 Å². The molecule has 0 aliphatic carbocycles. The highest BCUT2D eigenvalue weighted by Crippen LogP contribution is 2.24. The smallest absolute Gasteiger partial charge is 0.162 e. The molecule has 98 valence electrons. The number of nitrogens with one attached hydrogen (secondary N) is 1. The van der Waals surface area contributed by atoms with E-state index in [1.54, 1.807) is 17.6 Å². The van der Waals surface area contributed by atoms with E-state index in [0.717, 1.165) is 22.9 Å². The van der Waals surface area contributed by atoms with E-state index in [1.807, 2.05) is 17.5 Å². The lowest BCUT2D eigenvalue weighted by Crippen LogP contribution is -2.39. The summed E-state index contributed by atoms with van der Waals surface area (Å²) in [7, 11) is 0. The standard InChI is InChI=1S/C13H18N2O2S/c1-13(2,5-6-16)14-8-10-9-18-12(15-10)11-4-3-7-17-11/h3-4,7,9,14,16H,5-6,8H2,1-2H3. The average molecular weight is 266 g/mol. The van der Waals surface area contributed by atoms with Crippen LogP contribution in [0.2, 0.25) is 0 Å². The van der Waals surface area contributed by atoms with Crippen LogP contribution in [0.4, 0.5) is 0 Å². The van der Waals surface area contributed by atoms with E-state index < -0.39 is 0 Å². The molecule has 2 aromatic heterocycles. The molecule has 2 N–H and O–H groups in total. The highest BCUT2D eigenvalue weighted by atomic mass is 32.1. The van der Waals surface area contributed by atoms with Crippen molar-refractivity contribution in [2.75, 3.05) is 6.61 Å². The van der Waals surface area contributed by atoms with Crippen LogP contribution in [-0.4, -0.2) is 22.2 Å². The van der Waals surface area contributed by atoms with Crippen LogP contribution in [0.15, 0.2) is 28.2 Å². The number of aliphatic hydroxyl groups is 1. The number of hydrogen-bond acceptors (Lipinski definition) is 5. The Bertz CT molecular complexity index is 477. The van der Waals surface area contributed by atoms with Crippen molar-refractivity contribution >= 4 is 11.3 Å². The molecule has 5 heteroatoms. The third kappa shape index (κ3) is 3.41. The van der Waals surface area contributed by atoms with Crippen molar-refractivity contribution in [1.29, 1.82) is 0 Å². The van der Waals surface area contributed by atoms with Crippen molar-refractivity contribution in [2.24, 2.45) is 0 Å². The zero-order valence-corrected chi connectivity index (χ0v) is 11.5. The number of nitrogens with zero attached hydrogens (tertiary/aromatic N) is 1. The van der Waals surface area contributed by atoms with Gasteiger partial charge in [-0.3, -0.25) is 0 Å². The lowest BCUT2D eigenvalue weighted by atomic mass is 10.0. The second kappa shape index (κ2) is 5.65. The van der Waals surface area contributed by atoms with Crippen LogP contribution >= 0.6 is 11.3 Å². The first-order valence-corrected chi connectivity index (χ1v) is 6.83. The van der Waals surface area contributed by atoms with Gasteiger partial charge in [-0.15, -0.1) is 11.3 Å². The van der Waals surface area contributed by atoms with Crippen LogP contribution in [0.1, 0.15) is 26.0 Å². The highest BCUT2D eigenvalue weighted by molar-refractivity contribution is 7.13. The van der Waals surface area contributed by atoms with Gasteiger partial charge in [-0.1, -0.05) is 0 Å². The highest BCUT2D eigenvalue weighted by Gasteiger charge is 2.16. The molecule has 0 bridgehead atoms. The van der Waals surface area contributed by atoms with Crippen molar-refractivity contribution in [3.05, 3.63) is 29.5 Å². The Morgan fingerprint density at radius 1 is 1.50 bits per heavy atom. The van der Waals surface area contributed by atoms with E-state index in [2.05, 4.69) is 24.1 Å². The molecule has 0 aliphatic rings. The van der Waals surface area contributed by atoms with Crippen molar-refractivity contribution in [3.63, 3.8) is 0 Å². The van der Waals surface area contributed by atoms with Gasteiger partial charge < -0.3 is 14.8 Å². The Kier molecular flexibility index (Phi) is 4.16. The number of hydrogen-bond donors (Lipinski definition) is 2. The Labute approximate surface area is 111 Å². The normalized spacial score (nSPS) is 11.9. The number of rotatable bonds is 6. The predicted molar refractivity (Wildman–Crippen MR) is 72.4 cm³/mol. The van der Waals surface area contributed by atoms with Crippen LogP contribution in [0.3, 0.4) is 0 Å². The maximum atomic E-state index is 8.96. The summed E-state index contributed by atoms with van der Waals surface area (Å²) < 4.78 is 5.31. The molecule has 4 nitrogen and oxygen atoms in total. The molecule has 0 spiro atoms. The van der Waals surface area contributed by atoms with E-state index in [-0.39, 0.29) is 12.1 Å². The van der Waals surface area contributed by atoms with E-state index >= 15 is 0 Å². The van der Waals surface area contributed by atoms with E-state index in [9.17, 15) is 0 Å². The van der Waals surface area contributed by atoms with Crippen LogP contribution in [-0.2, 0) is 6.54 Å². The fourth-order valence-corrected chi connectivity index (χ4v) is 2.39. The third-order valence-electron chi connectivity index (χ3n) is 2.77. The molecule has 0 radical (unpaired) electrons. The zero-order valence-electron chi connectivity index (χ0n) is 10.6. The molecule has 2 heterocycles. The van der Waals surface area contributed by atoms with Crippen molar-refractivity contribution < 1.29 is 9.52 Å². The molecule has 18 heavy (non-hydrogen) atoms. The van der Waals surface area contributed by atoms with Gasteiger partial charge in [0, 0.05) is 24.1 Å². The molecule has 0 saturated heterocycles. The quantitative estimate of drug-likeness (QED) is 0.844.